The van der Waals surface area contributed by atoms with Gasteiger partial charge in [-0.3, -0.25) is 0 Å². The molecule has 0 N–H and O–H groups in total. The lowest BCUT2D eigenvalue weighted by molar-refractivity contribution is -0.292. The highest BCUT2D eigenvalue weighted by Gasteiger charge is 2.36. The van der Waals surface area contributed by atoms with Crippen molar-refractivity contribution < 1.29 is 9.47 Å². The molecule has 1 saturated heterocycles. The topological polar surface area (TPSA) is 18.5 Å². The van der Waals surface area contributed by atoms with E-state index < -0.39 is 0 Å². The van der Waals surface area contributed by atoms with Crippen LogP contribution < -0.4 is 0 Å². The molecule has 0 aromatic heterocycles. The molecule has 0 bridgehead atoms. The lowest BCUT2D eigenvalue weighted by atomic mass is 9.90. The number of rotatable bonds is 32. The van der Waals surface area contributed by atoms with Gasteiger partial charge in [-0.2, -0.15) is 0 Å². The second kappa shape index (κ2) is 27.8. The van der Waals surface area contributed by atoms with Crippen molar-refractivity contribution in [3.05, 3.63) is 0 Å². The molecule has 1 aliphatic heterocycles. The van der Waals surface area contributed by atoms with E-state index in [2.05, 4.69) is 48.5 Å². The molecule has 1 rings (SSSR count). The van der Waals surface area contributed by atoms with Crippen molar-refractivity contribution in [1.82, 2.24) is 0 Å². The first-order chi connectivity index (χ1) is 21.7. The molecule has 0 aromatic rings. The summed E-state index contributed by atoms with van der Waals surface area (Å²) in [5, 5.41) is 0. The van der Waals surface area contributed by atoms with Crippen LogP contribution in [0.1, 0.15) is 235 Å². The predicted octanol–water partition coefficient (Wildman–Crippen LogP) is 15.0. The van der Waals surface area contributed by atoms with E-state index in [-0.39, 0.29) is 11.2 Å². The van der Waals surface area contributed by atoms with Crippen molar-refractivity contribution in [2.75, 3.05) is 13.2 Å². The Morgan fingerprint density at radius 2 is 0.689 bits per heavy atom. The van der Waals surface area contributed by atoms with E-state index in [9.17, 15) is 0 Å². The zero-order valence-corrected chi connectivity index (χ0v) is 32.5. The van der Waals surface area contributed by atoms with Crippen LogP contribution in [0.3, 0.4) is 0 Å². The van der Waals surface area contributed by atoms with Gasteiger partial charge in [0.25, 0.3) is 0 Å². The van der Waals surface area contributed by atoms with E-state index >= 15 is 0 Å². The fraction of sp³-hybridized carbons (Fsp3) is 1.00. The molecular formula is C43H86O2. The van der Waals surface area contributed by atoms with Crippen LogP contribution in [0.15, 0.2) is 0 Å². The van der Waals surface area contributed by atoms with Crippen LogP contribution in [0.5, 0.6) is 0 Å². The standard InChI is InChI=1S/C43H86O2/c1-8-9-10-11-12-13-14-15-16-17-18-19-20-21-22-23-24-25-26-30-39(2)31-27-32-40(3)33-28-34-41(4)35-29-36-43(7)44-37-42(5,6)38-45-43/h39-41H,8-38H2,1-7H3. The molecule has 0 aliphatic carbocycles. The lowest BCUT2D eigenvalue weighted by Crippen LogP contribution is -2.45. The Labute approximate surface area is 285 Å². The maximum atomic E-state index is 6.08. The molecule has 2 heteroatoms. The summed E-state index contributed by atoms with van der Waals surface area (Å²) in [6.45, 7) is 18.0. The zero-order chi connectivity index (χ0) is 33.1. The summed E-state index contributed by atoms with van der Waals surface area (Å²) in [5.41, 5.74) is 0.159. The molecule has 0 saturated carbocycles. The SMILES string of the molecule is CCCCCCCCCCCCCCCCCCCCCC(C)CCCC(C)CCCC(C)CCCC1(C)OCC(C)(C)CO1. The number of hydrogen-bond acceptors (Lipinski definition) is 2. The molecule has 3 atom stereocenters. The molecule has 0 spiro atoms. The maximum Gasteiger partial charge on any atom is 0.165 e. The minimum Gasteiger partial charge on any atom is -0.350 e. The Morgan fingerprint density at radius 1 is 0.400 bits per heavy atom. The smallest absolute Gasteiger partial charge is 0.165 e. The van der Waals surface area contributed by atoms with Crippen LogP contribution >= 0.6 is 0 Å². The van der Waals surface area contributed by atoms with Crippen molar-refractivity contribution >= 4 is 0 Å². The van der Waals surface area contributed by atoms with Gasteiger partial charge < -0.3 is 9.47 Å². The third-order valence-electron chi connectivity index (χ3n) is 11.0. The summed E-state index contributed by atoms with van der Waals surface area (Å²) in [6.07, 6.45) is 41.4. The largest absolute Gasteiger partial charge is 0.350 e. The molecule has 270 valence electrons. The average Bonchev–Trinajstić information content (AvgIpc) is 3.00. The Morgan fingerprint density at radius 3 is 1.04 bits per heavy atom. The predicted molar refractivity (Wildman–Crippen MR) is 201 cm³/mol. The van der Waals surface area contributed by atoms with E-state index in [0.717, 1.165) is 37.4 Å². The normalized spacial score (nSPS) is 18.2. The van der Waals surface area contributed by atoms with E-state index in [1.54, 1.807) is 0 Å². The van der Waals surface area contributed by atoms with E-state index in [1.807, 2.05) is 0 Å². The van der Waals surface area contributed by atoms with Crippen molar-refractivity contribution in [3.8, 4) is 0 Å². The Bertz CT molecular complexity index is 617. The fourth-order valence-corrected chi connectivity index (χ4v) is 7.33. The second-order valence-electron chi connectivity index (χ2n) is 17.1. The average molecular weight is 635 g/mol. The van der Waals surface area contributed by atoms with Gasteiger partial charge in [0.05, 0.1) is 13.2 Å². The van der Waals surface area contributed by atoms with Gasteiger partial charge in [-0.1, -0.05) is 215 Å². The number of hydrogen-bond donors (Lipinski definition) is 0. The molecule has 0 radical (unpaired) electrons. The molecule has 45 heavy (non-hydrogen) atoms. The van der Waals surface area contributed by atoms with Gasteiger partial charge in [-0.05, 0) is 31.1 Å². The summed E-state index contributed by atoms with van der Waals surface area (Å²) < 4.78 is 12.2. The first-order valence-electron chi connectivity index (χ1n) is 20.9. The maximum absolute atomic E-state index is 6.08. The van der Waals surface area contributed by atoms with Crippen LogP contribution in [-0.4, -0.2) is 19.0 Å². The molecule has 0 aromatic carbocycles. The van der Waals surface area contributed by atoms with E-state index in [4.69, 9.17) is 9.47 Å². The quantitative estimate of drug-likeness (QED) is 0.0685. The van der Waals surface area contributed by atoms with Crippen molar-refractivity contribution in [2.24, 2.45) is 23.2 Å². The Balaban J connectivity index is 1.82. The van der Waals surface area contributed by atoms with Crippen molar-refractivity contribution in [3.63, 3.8) is 0 Å². The van der Waals surface area contributed by atoms with Gasteiger partial charge in [0, 0.05) is 11.8 Å². The van der Waals surface area contributed by atoms with Gasteiger partial charge in [0.1, 0.15) is 0 Å². The van der Waals surface area contributed by atoms with E-state index in [1.165, 1.54) is 180 Å². The second-order valence-corrected chi connectivity index (χ2v) is 17.1. The van der Waals surface area contributed by atoms with Crippen molar-refractivity contribution in [1.29, 1.82) is 0 Å². The van der Waals surface area contributed by atoms with Gasteiger partial charge in [0.15, 0.2) is 5.79 Å². The van der Waals surface area contributed by atoms with Crippen LogP contribution in [0, 0.1) is 23.2 Å². The fourth-order valence-electron chi connectivity index (χ4n) is 7.33. The molecule has 0 amide bonds. The molecule has 2 nitrogen and oxygen atoms in total. The highest BCUT2D eigenvalue weighted by Crippen LogP contribution is 2.33. The van der Waals surface area contributed by atoms with Crippen LogP contribution in [0.25, 0.3) is 0 Å². The summed E-state index contributed by atoms with van der Waals surface area (Å²) in [5.74, 6) is 2.28. The molecule has 1 heterocycles. The third-order valence-corrected chi connectivity index (χ3v) is 11.0. The molecule has 3 unspecified atom stereocenters. The van der Waals surface area contributed by atoms with E-state index in [0.29, 0.717) is 0 Å². The van der Waals surface area contributed by atoms with Crippen LogP contribution in [0.2, 0.25) is 0 Å². The highest BCUT2D eigenvalue weighted by molar-refractivity contribution is 4.77. The summed E-state index contributed by atoms with van der Waals surface area (Å²) in [6, 6.07) is 0. The molecule has 1 aliphatic rings. The first-order valence-corrected chi connectivity index (χ1v) is 20.9. The van der Waals surface area contributed by atoms with Gasteiger partial charge in [-0.15, -0.1) is 0 Å². The van der Waals surface area contributed by atoms with Gasteiger partial charge >= 0.3 is 0 Å². The Hall–Kier alpha value is -0.0800. The van der Waals surface area contributed by atoms with Crippen LogP contribution in [0.4, 0.5) is 0 Å². The van der Waals surface area contributed by atoms with Crippen LogP contribution in [-0.2, 0) is 9.47 Å². The van der Waals surface area contributed by atoms with Gasteiger partial charge in [0.2, 0.25) is 0 Å². The third kappa shape index (κ3) is 26.5. The lowest BCUT2D eigenvalue weighted by Gasteiger charge is -2.41. The number of unbranched alkanes of at least 4 members (excludes halogenated alkanes) is 18. The highest BCUT2D eigenvalue weighted by atomic mass is 16.7. The van der Waals surface area contributed by atoms with Crippen molar-refractivity contribution in [2.45, 2.75) is 240 Å². The molecule has 1 fully saturated rings. The summed E-state index contributed by atoms with van der Waals surface area (Å²) in [7, 11) is 0. The van der Waals surface area contributed by atoms with Gasteiger partial charge in [-0.25, -0.2) is 0 Å². The first kappa shape index (κ1) is 42.9. The minimum absolute atomic E-state index is 0.159. The minimum atomic E-state index is -0.355. The zero-order valence-electron chi connectivity index (χ0n) is 32.5. The Kier molecular flexibility index (Phi) is 26.6. The summed E-state index contributed by atoms with van der Waals surface area (Å²) in [4.78, 5) is 0. The molecular weight excluding hydrogens is 548 g/mol. The monoisotopic (exact) mass is 635 g/mol. The summed E-state index contributed by atoms with van der Waals surface area (Å²) >= 11 is 0. The number of ether oxygens (including phenoxy) is 2.